The van der Waals surface area contributed by atoms with E-state index in [4.69, 9.17) is 0 Å². The highest BCUT2D eigenvalue weighted by molar-refractivity contribution is 8.77. The third-order valence-corrected chi connectivity index (χ3v) is 18.3. The van der Waals surface area contributed by atoms with Gasteiger partial charge in [0.15, 0.2) is 0 Å². The summed E-state index contributed by atoms with van der Waals surface area (Å²) in [6.45, 7) is 0. The molecule has 15 aliphatic rings. The van der Waals surface area contributed by atoms with Crippen molar-refractivity contribution < 1.29 is 49.5 Å². The maximum absolute atomic E-state index is 12.9. The normalized spacial score (nSPS) is 20.7. The van der Waals surface area contributed by atoms with Gasteiger partial charge in [-0.3, -0.25) is 0 Å². The van der Waals surface area contributed by atoms with Crippen LogP contribution in [0, 0.1) is 0 Å². The molecule has 0 aromatic heterocycles. The SMILES string of the molecule is O=C(O)C1=C(C(=O)O)C2c3ccc4cc3C1c1ccc(cc12)SSc1ccc2c(c1)C1C(C(=O)O)=C(C(=O)O)C2c2cc(ccc21)SSc1cc(cc(C(=O)O)c1)SS4. The molecule has 4 atom stereocenters. The zero-order valence-corrected chi connectivity index (χ0v) is 34.6. The standard InChI is InChI=1S/C43H24O10S6/c44-39(45)16-9-21-11-22(10-16)59-57-20-4-8-26-30(15-20)34-24-6-2-18(13-28(24)32(26)36(41(48)49)38(34)43(52)53)55-54-17-1-5-23-27(12-17)31-25-7-3-19(56-58-21)14-29(25)33(23)37(42(50)51)35(31)40(46)47/h1-15,31-34H,(H,44,45)(H,46,47)(H,48,49)(H,50,51)(H,52,53). The lowest BCUT2D eigenvalue weighted by molar-refractivity contribution is -0.136. The smallest absolute Gasteiger partial charge is 0.335 e. The van der Waals surface area contributed by atoms with Gasteiger partial charge in [0, 0.05) is 53.0 Å². The van der Waals surface area contributed by atoms with Gasteiger partial charge in [-0.2, -0.15) is 0 Å². The first kappa shape index (κ1) is 38.2. The third-order valence-electron chi connectivity index (χ3n) is 11.2. The Kier molecular flexibility index (Phi) is 9.30. The summed E-state index contributed by atoms with van der Waals surface area (Å²) in [5.74, 6) is -9.65. The Bertz CT molecular complexity index is 2700. The molecular weight excluding hydrogens is 869 g/mol. The first-order valence-electron chi connectivity index (χ1n) is 17.8. The van der Waals surface area contributed by atoms with E-state index in [2.05, 4.69) is 0 Å². The summed E-state index contributed by atoms with van der Waals surface area (Å²) in [4.78, 5) is 68.1. The van der Waals surface area contributed by atoms with Gasteiger partial charge in [0.25, 0.3) is 0 Å². The Morgan fingerprint density at radius 3 is 0.797 bits per heavy atom. The van der Waals surface area contributed by atoms with Crippen LogP contribution in [0.3, 0.4) is 0 Å². The first-order chi connectivity index (χ1) is 28.4. The van der Waals surface area contributed by atoms with Crippen molar-refractivity contribution in [2.75, 3.05) is 0 Å². The van der Waals surface area contributed by atoms with Crippen LogP contribution in [0.15, 0.2) is 143 Å². The van der Waals surface area contributed by atoms with Gasteiger partial charge >= 0.3 is 29.8 Å². The van der Waals surface area contributed by atoms with E-state index in [0.29, 0.717) is 54.3 Å². The zero-order chi connectivity index (χ0) is 41.0. The fourth-order valence-electron chi connectivity index (χ4n) is 9.04. The number of benzene rings is 5. The van der Waals surface area contributed by atoms with E-state index in [1.54, 1.807) is 12.1 Å². The Labute approximate surface area is 358 Å². The van der Waals surface area contributed by atoms with Crippen molar-refractivity contribution in [3.63, 3.8) is 0 Å². The molecule has 10 nitrogen and oxygen atoms in total. The van der Waals surface area contributed by atoms with E-state index in [9.17, 15) is 49.5 Å². The molecule has 9 heterocycles. The number of carboxylic acid groups (broad SMARTS) is 5. The first-order valence-corrected chi connectivity index (χ1v) is 24.2. The van der Waals surface area contributed by atoms with Crippen molar-refractivity contribution in [1.29, 1.82) is 0 Å². The van der Waals surface area contributed by atoms with Crippen LogP contribution in [0.1, 0.15) is 78.5 Å². The Morgan fingerprint density at radius 1 is 0.305 bits per heavy atom. The number of aromatic carboxylic acids is 1. The molecule has 20 rings (SSSR count). The molecule has 4 unspecified atom stereocenters. The molecule has 9 aliphatic heterocycles. The van der Waals surface area contributed by atoms with Gasteiger partial charge in [-0.25, -0.2) is 24.0 Å². The summed E-state index contributed by atoms with van der Waals surface area (Å²) in [7, 11) is 8.29. The van der Waals surface area contributed by atoms with E-state index in [0.717, 1.165) is 19.6 Å². The minimum Gasteiger partial charge on any atom is -0.478 e. The van der Waals surface area contributed by atoms with Gasteiger partial charge in [0.1, 0.15) is 0 Å². The number of aliphatic carboxylic acids is 4. The predicted octanol–water partition coefficient (Wildman–Crippen LogP) is 10.2. The Morgan fingerprint density at radius 2 is 0.559 bits per heavy atom. The zero-order valence-electron chi connectivity index (χ0n) is 29.7. The third kappa shape index (κ3) is 6.14. The molecule has 0 radical (unpaired) electrons. The van der Waals surface area contributed by atoms with Crippen LogP contribution in [0.5, 0.6) is 0 Å². The lowest BCUT2D eigenvalue weighted by atomic mass is 9.61. The van der Waals surface area contributed by atoms with Crippen LogP contribution in [0.25, 0.3) is 0 Å². The summed E-state index contributed by atoms with van der Waals surface area (Å²) in [6, 6.07) is 27.6. The second-order valence-electron chi connectivity index (χ2n) is 14.3. The molecule has 292 valence electrons. The largest absolute Gasteiger partial charge is 0.478 e. The fourth-order valence-corrected chi connectivity index (χ4v) is 15.1. The quantitative estimate of drug-likeness (QED) is 0.105. The molecule has 0 fully saturated rings. The monoisotopic (exact) mass is 892 g/mol. The van der Waals surface area contributed by atoms with Crippen molar-refractivity contribution in [3.8, 4) is 0 Å². The molecule has 5 aromatic rings. The lowest BCUT2D eigenvalue weighted by Crippen LogP contribution is -2.34. The molecule has 0 spiro atoms. The van der Waals surface area contributed by atoms with Crippen LogP contribution in [-0.2, 0) is 19.2 Å². The minimum atomic E-state index is -1.30. The second-order valence-corrected chi connectivity index (χ2v) is 21.1. The molecule has 0 saturated heterocycles. The predicted molar refractivity (Wildman–Crippen MR) is 226 cm³/mol. The maximum atomic E-state index is 12.9. The molecule has 0 amide bonds. The maximum Gasteiger partial charge on any atom is 0.335 e. The van der Waals surface area contributed by atoms with Crippen molar-refractivity contribution in [1.82, 2.24) is 0 Å². The summed E-state index contributed by atoms with van der Waals surface area (Å²) in [6.07, 6.45) is 0. The van der Waals surface area contributed by atoms with Crippen LogP contribution in [0.2, 0.25) is 0 Å². The van der Waals surface area contributed by atoms with Crippen molar-refractivity contribution in [3.05, 3.63) is 163 Å². The highest BCUT2D eigenvalue weighted by Crippen LogP contribution is 2.60. The molecule has 0 saturated carbocycles. The van der Waals surface area contributed by atoms with Gasteiger partial charge in [-0.15, -0.1) is 0 Å². The summed E-state index contributed by atoms with van der Waals surface area (Å²) in [5, 5.41) is 51.9. The molecule has 59 heavy (non-hydrogen) atoms. The second kappa shape index (κ2) is 14.3. The van der Waals surface area contributed by atoms with Crippen LogP contribution >= 0.6 is 64.8 Å². The van der Waals surface area contributed by atoms with E-state index < -0.39 is 53.5 Å². The molecule has 18 bridgehead atoms. The van der Waals surface area contributed by atoms with E-state index in [1.807, 2.05) is 78.9 Å². The van der Waals surface area contributed by atoms with Crippen LogP contribution < -0.4 is 0 Å². The van der Waals surface area contributed by atoms with Gasteiger partial charge in [-0.05, 0) is 111 Å². The topological polar surface area (TPSA) is 186 Å². The molecule has 5 aromatic carbocycles. The fraction of sp³-hybridized carbons (Fsp3) is 0.0930. The van der Waals surface area contributed by atoms with E-state index in [1.165, 1.54) is 64.8 Å². The van der Waals surface area contributed by atoms with Crippen LogP contribution in [-0.4, -0.2) is 55.4 Å². The average molecular weight is 893 g/mol. The molecular formula is C43H24O10S6. The Hall–Kier alpha value is -4.97. The van der Waals surface area contributed by atoms with Gasteiger partial charge in [0.05, 0.1) is 27.9 Å². The van der Waals surface area contributed by atoms with Crippen molar-refractivity contribution in [2.45, 2.75) is 53.0 Å². The highest BCUT2D eigenvalue weighted by Gasteiger charge is 2.49. The van der Waals surface area contributed by atoms with Crippen LogP contribution in [0.4, 0.5) is 0 Å². The highest BCUT2D eigenvalue weighted by atomic mass is 33.1. The van der Waals surface area contributed by atoms with Gasteiger partial charge < -0.3 is 25.5 Å². The van der Waals surface area contributed by atoms with Gasteiger partial charge in [-0.1, -0.05) is 89.0 Å². The lowest BCUT2D eigenvalue weighted by Gasteiger charge is -2.41. The number of hydrogen-bond donors (Lipinski definition) is 5. The number of carboxylic acids is 5. The summed E-state index contributed by atoms with van der Waals surface area (Å²) < 4.78 is 0. The molecule has 5 N–H and O–H groups in total. The number of carbonyl (C=O) groups is 5. The number of hydrogen-bond acceptors (Lipinski definition) is 11. The molecule has 16 heteroatoms. The van der Waals surface area contributed by atoms with E-state index in [-0.39, 0.29) is 27.9 Å². The Balaban J connectivity index is 1.13. The summed E-state index contributed by atoms with van der Waals surface area (Å²) >= 11 is 0. The number of rotatable bonds is 5. The summed E-state index contributed by atoms with van der Waals surface area (Å²) in [5.41, 5.74) is 5.09. The average Bonchev–Trinajstić information content (AvgIpc) is 3.22. The minimum absolute atomic E-state index is 0.0831. The van der Waals surface area contributed by atoms with Crippen molar-refractivity contribution in [2.24, 2.45) is 0 Å². The van der Waals surface area contributed by atoms with E-state index >= 15 is 0 Å². The molecule has 6 aliphatic carbocycles. The van der Waals surface area contributed by atoms with Gasteiger partial charge in [0.2, 0.25) is 0 Å². The van der Waals surface area contributed by atoms with Crippen molar-refractivity contribution >= 4 is 94.6 Å².